The molecule has 1 aromatic carbocycles. The molecule has 1 spiro atoms. The van der Waals surface area contributed by atoms with Crippen LogP contribution in [-0.4, -0.2) is 42.1 Å². The van der Waals surface area contributed by atoms with Gasteiger partial charge in [0.15, 0.2) is 0 Å². The van der Waals surface area contributed by atoms with Gasteiger partial charge in [-0.15, -0.1) is 0 Å². The molecule has 0 atom stereocenters. The molecule has 6 nitrogen and oxygen atoms in total. The minimum absolute atomic E-state index is 0.0799. The van der Waals surface area contributed by atoms with Crippen molar-refractivity contribution < 1.29 is 14.3 Å². The Morgan fingerprint density at radius 2 is 1.81 bits per heavy atom. The minimum Gasteiger partial charge on any atom is -0.444 e. The van der Waals surface area contributed by atoms with E-state index in [1.807, 2.05) is 37.8 Å². The summed E-state index contributed by atoms with van der Waals surface area (Å²) in [6, 6.07) is 9.21. The summed E-state index contributed by atoms with van der Waals surface area (Å²) in [4.78, 5) is 28.3. The summed E-state index contributed by atoms with van der Waals surface area (Å²) in [5, 5.41) is 8.91. The molecule has 3 rings (SSSR count). The number of nitriles is 1. The monoisotopic (exact) mass is 355 g/mol. The molecule has 0 aromatic heterocycles. The van der Waals surface area contributed by atoms with Gasteiger partial charge in [-0.3, -0.25) is 4.79 Å². The van der Waals surface area contributed by atoms with Gasteiger partial charge in [-0.1, -0.05) is 0 Å². The second kappa shape index (κ2) is 6.64. The van der Waals surface area contributed by atoms with E-state index in [2.05, 4.69) is 6.07 Å². The van der Waals surface area contributed by atoms with Gasteiger partial charge in [-0.2, -0.15) is 5.26 Å². The average Bonchev–Trinajstić information content (AvgIpc) is 2.90. The quantitative estimate of drug-likeness (QED) is 0.775. The fourth-order valence-electron chi connectivity index (χ4n) is 3.67. The van der Waals surface area contributed by atoms with Crippen LogP contribution in [0.15, 0.2) is 24.3 Å². The normalized spacial score (nSPS) is 19.5. The highest BCUT2D eigenvalue weighted by Crippen LogP contribution is 2.42. The molecule has 1 aromatic rings. The molecule has 0 bridgehead atoms. The summed E-state index contributed by atoms with van der Waals surface area (Å²) >= 11 is 0. The smallest absolute Gasteiger partial charge is 0.410 e. The Hall–Kier alpha value is -2.55. The lowest BCUT2D eigenvalue weighted by Crippen LogP contribution is -2.46. The number of carbonyl (C=O) groups excluding carboxylic acids is 2. The first-order chi connectivity index (χ1) is 12.2. The Balaban J connectivity index is 1.64. The number of ether oxygens (including phenoxy) is 1. The van der Waals surface area contributed by atoms with Crippen molar-refractivity contribution >= 4 is 17.7 Å². The van der Waals surface area contributed by atoms with E-state index in [0.29, 0.717) is 31.6 Å². The number of piperidine rings is 1. The molecule has 2 fully saturated rings. The zero-order chi connectivity index (χ0) is 18.9. The van der Waals surface area contributed by atoms with E-state index < -0.39 is 5.60 Å². The number of hydrogen-bond donors (Lipinski definition) is 0. The van der Waals surface area contributed by atoms with Gasteiger partial charge in [0.25, 0.3) is 0 Å². The van der Waals surface area contributed by atoms with Gasteiger partial charge < -0.3 is 14.5 Å². The maximum Gasteiger partial charge on any atom is 0.410 e. The van der Waals surface area contributed by atoms with Crippen molar-refractivity contribution in [3.05, 3.63) is 29.8 Å². The lowest BCUT2D eigenvalue weighted by molar-refractivity contribution is -0.118. The van der Waals surface area contributed by atoms with Crippen molar-refractivity contribution in [1.82, 2.24) is 4.90 Å². The van der Waals surface area contributed by atoms with Crippen molar-refractivity contribution in [2.45, 2.75) is 45.6 Å². The lowest BCUT2D eigenvalue weighted by atomic mass is 9.78. The first-order valence-corrected chi connectivity index (χ1v) is 9.00. The van der Waals surface area contributed by atoms with Crippen LogP contribution in [0.4, 0.5) is 10.5 Å². The van der Waals surface area contributed by atoms with Crippen molar-refractivity contribution in [2.24, 2.45) is 5.41 Å². The Kier molecular flexibility index (Phi) is 4.66. The van der Waals surface area contributed by atoms with Gasteiger partial charge >= 0.3 is 6.09 Å². The van der Waals surface area contributed by atoms with Crippen LogP contribution in [0.3, 0.4) is 0 Å². The van der Waals surface area contributed by atoms with E-state index in [9.17, 15) is 9.59 Å². The molecule has 6 heteroatoms. The maximum absolute atomic E-state index is 12.6. The van der Waals surface area contributed by atoms with Crippen LogP contribution in [-0.2, 0) is 9.53 Å². The zero-order valence-electron chi connectivity index (χ0n) is 15.6. The third kappa shape index (κ3) is 3.82. The van der Waals surface area contributed by atoms with E-state index in [1.165, 1.54) is 0 Å². The van der Waals surface area contributed by atoms with Gasteiger partial charge in [0.05, 0.1) is 11.6 Å². The van der Waals surface area contributed by atoms with Gasteiger partial charge in [0.1, 0.15) is 5.60 Å². The average molecular weight is 355 g/mol. The van der Waals surface area contributed by atoms with Crippen molar-refractivity contribution in [1.29, 1.82) is 5.26 Å². The van der Waals surface area contributed by atoms with Gasteiger partial charge in [0.2, 0.25) is 5.91 Å². The summed E-state index contributed by atoms with van der Waals surface area (Å²) in [6.07, 6.45) is 1.82. The highest BCUT2D eigenvalue weighted by molar-refractivity contribution is 5.96. The van der Waals surface area contributed by atoms with Crippen molar-refractivity contribution in [3.63, 3.8) is 0 Å². The molecule has 2 saturated heterocycles. The Labute approximate surface area is 154 Å². The van der Waals surface area contributed by atoms with E-state index in [4.69, 9.17) is 10.00 Å². The van der Waals surface area contributed by atoms with Crippen LogP contribution >= 0.6 is 0 Å². The SMILES string of the molecule is CC(C)(C)OC(=O)N1CCC2(CC1)CC(=O)N(c1ccc(C#N)cc1)C2. The molecule has 138 valence electrons. The second-order valence-corrected chi connectivity index (χ2v) is 8.28. The molecule has 26 heavy (non-hydrogen) atoms. The van der Waals surface area contributed by atoms with E-state index in [1.54, 1.807) is 17.0 Å². The summed E-state index contributed by atoms with van der Waals surface area (Å²) in [6.45, 7) is 7.48. The number of carbonyl (C=O) groups is 2. The van der Waals surface area contributed by atoms with Crippen molar-refractivity contribution in [2.75, 3.05) is 24.5 Å². The van der Waals surface area contributed by atoms with Crippen LogP contribution < -0.4 is 4.90 Å². The fraction of sp³-hybridized carbons (Fsp3) is 0.550. The van der Waals surface area contributed by atoms with Crippen LogP contribution in [0.2, 0.25) is 0 Å². The molecular weight excluding hydrogens is 330 g/mol. The lowest BCUT2D eigenvalue weighted by Gasteiger charge is -2.39. The summed E-state index contributed by atoms with van der Waals surface area (Å²) in [7, 11) is 0. The highest BCUT2D eigenvalue weighted by Gasteiger charge is 2.46. The number of anilines is 1. The van der Waals surface area contributed by atoms with Crippen LogP contribution in [0, 0.1) is 16.7 Å². The van der Waals surface area contributed by atoms with Crippen LogP contribution in [0.5, 0.6) is 0 Å². The number of benzene rings is 1. The standard InChI is InChI=1S/C20H25N3O3/c1-19(2,3)26-18(25)22-10-8-20(9-11-22)12-17(24)23(14-20)16-6-4-15(13-21)5-7-16/h4-7H,8-12,14H2,1-3H3. The third-order valence-corrected chi connectivity index (χ3v) is 5.10. The first kappa shape index (κ1) is 18.2. The first-order valence-electron chi connectivity index (χ1n) is 9.00. The largest absolute Gasteiger partial charge is 0.444 e. The topological polar surface area (TPSA) is 73.6 Å². The molecule has 0 radical (unpaired) electrons. The molecular formula is C20H25N3O3. The molecule has 0 saturated carbocycles. The zero-order valence-corrected chi connectivity index (χ0v) is 15.6. The van der Waals surface area contributed by atoms with Gasteiger partial charge in [-0.25, -0.2) is 4.79 Å². The third-order valence-electron chi connectivity index (χ3n) is 5.10. The molecule has 2 aliphatic heterocycles. The van der Waals surface area contributed by atoms with E-state index in [-0.39, 0.29) is 17.4 Å². The maximum atomic E-state index is 12.6. The van der Waals surface area contributed by atoms with Crippen LogP contribution in [0.1, 0.15) is 45.6 Å². The highest BCUT2D eigenvalue weighted by atomic mass is 16.6. The Morgan fingerprint density at radius 3 is 2.35 bits per heavy atom. The van der Waals surface area contributed by atoms with E-state index >= 15 is 0 Å². The van der Waals surface area contributed by atoms with E-state index in [0.717, 1.165) is 18.5 Å². The number of amides is 2. The number of rotatable bonds is 1. The minimum atomic E-state index is -0.498. The second-order valence-electron chi connectivity index (χ2n) is 8.28. The number of hydrogen-bond acceptors (Lipinski definition) is 4. The fourth-order valence-corrected chi connectivity index (χ4v) is 3.67. The number of likely N-dealkylation sites (tertiary alicyclic amines) is 1. The Morgan fingerprint density at radius 1 is 1.19 bits per heavy atom. The molecule has 2 aliphatic rings. The molecule has 0 N–H and O–H groups in total. The van der Waals surface area contributed by atoms with Gasteiger partial charge in [-0.05, 0) is 57.9 Å². The van der Waals surface area contributed by atoms with Crippen molar-refractivity contribution in [3.8, 4) is 6.07 Å². The molecule has 0 unspecified atom stereocenters. The van der Waals surface area contributed by atoms with Gasteiger partial charge in [0, 0.05) is 37.2 Å². The number of nitrogens with zero attached hydrogens (tertiary/aromatic N) is 3. The van der Waals surface area contributed by atoms with Crippen LogP contribution in [0.25, 0.3) is 0 Å². The summed E-state index contributed by atoms with van der Waals surface area (Å²) in [5.74, 6) is 0.112. The molecule has 0 aliphatic carbocycles. The predicted octanol–water partition coefficient (Wildman–Crippen LogP) is 3.31. The Bertz CT molecular complexity index is 735. The predicted molar refractivity (Wildman–Crippen MR) is 97.6 cm³/mol. The molecule has 2 heterocycles. The molecule has 2 amide bonds. The summed E-state index contributed by atoms with van der Waals surface area (Å²) in [5.41, 5.74) is 0.840. The summed E-state index contributed by atoms with van der Waals surface area (Å²) < 4.78 is 5.44.